The molecular weight excluding hydrogens is 284 g/mol. The first-order chi connectivity index (χ1) is 10.0. The van der Waals surface area contributed by atoms with Crippen molar-refractivity contribution in [1.29, 1.82) is 0 Å². The predicted octanol–water partition coefficient (Wildman–Crippen LogP) is 4.34. The molecule has 2 rings (SSSR count). The summed E-state index contributed by atoms with van der Waals surface area (Å²) in [5, 5.41) is 0.411. The highest BCUT2D eigenvalue weighted by Gasteiger charge is 2.28. The molecule has 1 heterocycles. The summed E-state index contributed by atoms with van der Waals surface area (Å²) in [6, 6.07) is 3.97. The Morgan fingerprint density at radius 3 is 2.62 bits per heavy atom. The lowest BCUT2D eigenvalue weighted by Crippen LogP contribution is -2.41. The fraction of sp³-hybridized carbons (Fsp3) is 0.647. The van der Waals surface area contributed by atoms with Crippen molar-refractivity contribution >= 4 is 17.5 Å². The molecule has 1 aromatic heterocycles. The number of rotatable bonds is 5. The van der Waals surface area contributed by atoms with Gasteiger partial charge < -0.3 is 4.90 Å². The summed E-state index contributed by atoms with van der Waals surface area (Å²) in [5.41, 5.74) is 1.56. The molecule has 1 saturated carbocycles. The quantitative estimate of drug-likeness (QED) is 0.758. The lowest BCUT2D eigenvalue weighted by atomic mass is 10.1. The molecule has 1 aromatic rings. The maximum absolute atomic E-state index is 12.9. The molecule has 0 aromatic carbocycles. The van der Waals surface area contributed by atoms with Crippen LogP contribution in [-0.2, 0) is 6.42 Å². The minimum atomic E-state index is 0.106. The van der Waals surface area contributed by atoms with Crippen LogP contribution in [0.4, 0.5) is 0 Å². The van der Waals surface area contributed by atoms with Gasteiger partial charge in [-0.2, -0.15) is 0 Å². The molecule has 116 valence electrons. The molecule has 0 atom stereocenters. The summed E-state index contributed by atoms with van der Waals surface area (Å²) in [6.07, 6.45) is 5.48. The number of amides is 1. The molecule has 0 unspecified atom stereocenters. The molecule has 1 fully saturated rings. The Morgan fingerprint density at radius 1 is 1.38 bits per heavy atom. The zero-order valence-electron chi connectivity index (χ0n) is 13.2. The number of carbonyl (C=O) groups is 1. The van der Waals surface area contributed by atoms with Crippen molar-refractivity contribution in [1.82, 2.24) is 9.88 Å². The van der Waals surface area contributed by atoms with Crippen molar-refractivity contribution in [3.05, 3.63) is 28.5 Å². The maximum Gasteiger partial charge on any atom is 0.254 e. The fourth-order valence-corrected chi connectivity index (χ4v) is 3.25. The fourth-order valence-electron chi connectivity index (χ4n) is 3.03. The number of halogens is 1. The first kappa shape index (κ1) is 16.3. The summed E-state index contributed by atoms with van der Waals surface area (Å²) in [5.74, 6) is 0.576. The molecule has 4 heteroatoms. The summed E-state index contributed by atoms with van der Waals surface area (Å²) in [4.78, 5) is 19.2. The van der Waals surface area contributed by atoms with Crippen LogP contribution in [0.5, 0.6) is 0 Å². The van der Waals surface area contributed by atoms with E-state index in [9.17, 15) is 4.79 Å². The zero-order valence-corrected chi connectivity index (χ0v) is 14.0. The number of aromatic nitrogens is 1. The van der Waals surface area contributed by atoms with Gasteiger partial charge >= 0.3 is 0 Å². The number of nitrogens with zero attached hydrogens (tertiary/aromatic N) is 2. The van der Waals surface area contributed by atoms with Crippen molar-refractivity contribution in [2.75, 3.05) is 6.54 Å². The molecule has 21 heavy (non-hydrogen) atoms. The Hall–Kier alpha value is -1.09. The van der Waals surface area contributed by atoms with Gasteiger partial charge in [-0.15, -0.1) is 0 Å². The highest BCUT2D eigenvalue weighted by Crippen LogP contribution is 2.26. The lowest BCUT2D eigenvalue weighted by molar-refractivity contribution is 0.0655. The second-order valence-corrected chi connectivity index (χ2v) is 6.70. The molecule has 0 N–H and O–H groups in total. The van der Waals surface area contributed by atoms with Gasteiger partial charge in [-0.3, -0.25) is 4.79 Å². The topological polar surface area (TPSA) is 33.2 Å². The predicted molar refractivity (Wildman–Crippen MR) is 86.8 cm³/mol. The second-order valence-electron chi connectivity index (χ2n) is 6.31. The third kappa shape index (κ3) is 4.19. The van der Waals surface area contributed by atoms with Crippen LogP contribution in [0.3, 0.4) is 0 Å². The maximum atomic E-state index is 12.9. The molecule has 1 aliphatic carbocycles. The van der Waals surface area contributed by atoms with Crippen molar-refractivity contribution in [2.45, 2.75) is 58.9 Å². The largest absolute Gasteiger partial charge is 0.335 e. The first-order valence-electron chi connectivity index (χ1n) is 7.98. The van der Waals surface area contributed by atoms with Crippen LogP contribution in [0.2, 0.25) is 5.15 Å². The monoisotopic (exact) mass is 308 g/mol. The Morgan fingerprint density at radius 2 is 2.05 bits per heavy atom. The molecule has 0 saturated heterocycles. The van der Waals surface area contributed by atoms with Gasteiger partial charge in [0.1, 0.15) is 5.15 Å². The van der Waals surface area contributed by atoms with Gasteiger partial charge in [0.2, 0.25) is 0 Å². The van der Waals surface area contributed by atoms with E-state index in [1.807, 2.05) is 13.0 Å². The highest BCUT2D eigenvalue weighted by atomic mass is 35.5. The number of hydrogen-bond acceptors (Lipinski definition) is 2. The van der Waals surface area contributed by atoms with Crippen molar-refractivity contribution in [2.24, 2.45) is 5.92 Å². The smallest absolute Gasteiger partial charge is 0.254 e. The molecule has 0 bridgehead atoms. The lowest BCUT2D eigenvalue weighted by Gasteiger charge is -2.31. The average molecular weight is 309 g/mol. The van der Waals surface area contributed by atoms with E-state index in [2.05, 4.69) is 23.7 Å². The minimum absolute atomic E-state index is 0.106. The van der Waals surface area contributed by atoms with Gasteiger partial charge in [-0.1, -0.05) is 45.2 Å². The normalized spacial score (nSPS) is 15.7. The van der Waals surface area contributed by atoms with Gasteiger partial charge in [0.25, 0.3) is 5.91 Å². The van der Waals surface area contributed by atoms with E-state index in [-0.39, 0.29) is 5.91 Å². The molecular formula is C17H25ClN2O. The van der Waals surface area contributed by atoms with E-state index in [1.165, 1.54) is 12.8 Å². The van der Waals surface area contributed by atoms with Gasteiger partial charge in [-0.05, 0) is 37.3 Å². The Bertz CT molecular complexity index is 496. The van der Waals surface area contributed by atoms with E-state index < -0.39 is 0 Å². The van der Waals surface area contributed by atoms with Gasteiger partial charge in [0.15, 0.2) is 0 Å². The van der Waals surface area contributed by atoms with Crippen LogP contribution in [0.15, 0.2) is 12.1 Å². The third-order valence-corrected chi connectivity index (χ3v) is 4.24. The van der Waals surface area contributed by atoms with Crippen molar-refractivity contribution < 1.29 is 4.79 Å². The Balaban J connectivity index is 2.26. The van der Waals surface area contributed by atoms with E-state index in [0.717, 1.165) is 31.5 Å². The van der Waals surface area contributed by atoms with Crippen LogP contribution < -0.4 is 0 Å². The first-order valence-corrected chi connectivity index (χ1v) is 8.36. The van der Waals surface area contributed by atoms with E-state index in [4.69, 9.17) is 11.6 Å². The number of hydrogen-bond donors (Lipinski definition) is 0. The van der Waals surface area contributed by atoms with Crippen LogP contribution in [0.1, 0.15) is 62.5 Å². The summed E-state index contributed by atoms with van der Waals surface area (Å²) in [7, 11) is 0. The van der Waals surface area contributed by atoms with Crippen molar-refractivity contribution in [3.8, 4) is 0 Å². The third-order valence-electron chi connectivity index (χ3n) is 4.04. The SMILES string of the molecule is CCc1cc(C(=O)N(CC(C)C)C2CCCC2)cc(Cl)n1. The van der Waals surface area contributed by atoms with E-state index >= 15 is 0 Å². The molecule has 0 radical (unpaired) electrons. The molecule has 0 spiro atoms. The second kappa shape index (κ2) is 7.26. The van der Waals surface area contributed by atoms with Gasteiger partial charge in [-0.25, -0.2) is 4.98 Å². The zero-order chi connectivity index (χ0) is 15.4. The highest BCUT2D eigenvalue weighted by molar-refractivity contribution is 6.29. The Kier molecular flexibility index (Phi) is 5.63. The number of pyridine rings is 1. The van der Waals surface area contributed by atoms with E-state index in [1.54, 1.807) is 6.07 Å². The summed E-state index contributed by atoms with van der Waals surface area (Å²) < 4.78 is 0. The molecule has 1 aliphatic rings. The molecule has 1 amide bonds. The summed E-state index contributed by atoms with van der Waals surface area (Å²) in [6.45, 7) is 7.15. The van der Waals surface area contributed by atoms with Gasteiger partial charge in [0, 0.05) is 23.8 Å². The van der Waals surface area contributed by atoms with Crippen molar-refractivity contribution in [3.63, 3.8) is 0 Å². The van der Waals surface area contributed by atoms with Crippen LogP contribution in [0, 0.1) is 5.92 Å². The van der Waals surface area contributed by atoms with Crippen LogP contribution in [-0.4, -0.2) is 28.4 Å². The number of aryl methyl sites for hydroxylation is 1. The minimum Gasteiger partial charge on any atom is -0.335 e. The van der Waals surface area contributed by atoms with E-state index in [0.29, 0.717) is 22.7 Å². The van der Waals surface area contributed by atoms with Crippen LogP contribution in [0.25, 0.3) is 0 Å². The summed E-state index contributed by atoms with van der Waals surface area (Å²) >= 11 is 6.06. The number of carbonyl (C=O) groups excluding carboxylic acids is 1. The molecule has 0 aliphatic heterocycles. The average Bonchev–Trinajstić information content (AvgIpc) is 2.97. The Labute approximate surface area is 132 Å². The van der Waals surface area contributed by atoms with Gasteiger partial charge in [0.05, 0.1) is 0 Å². The van der Waals surface area contributed by atoms with Crippen LogP contribution >= 0.6 is 11.6 Å². The standard InChI is InChI=1S/C17H25ClN2O/c1-4-14-9-13(10-16(18)19-14)17(21)20(11-12(2)3)15-7-5-6-8-15/h9-10,12,15H,4-8,11H2,1-3H3. The molecule has 3 nitrogen and oxygen atoms in total.